The van der Waals surface area contributed by atoms with Crippen LogP contribution in [0.5, 0.6) is 0 Å². The molecule has 1 heterocycles. The Kier molecular flexibility index (Phi) is 4.32. The van der Waals surface area contributed by atoms with E-state index in [4.69, 9.17) is 0 Å². The number of hydrogen-bond acceptors (Lipinski definition) is 4. The highest BCUT2D eigenvalue weighted by atomic mass is 79.9. The Hall–Kier alpha value is -1.56. The molecular formula is C14H15BrFN3O. The maximum atomic E-state index is 14.0. The van der Waals surface area contributed by atoms with Crippen molar-refractivity contribution in [2.45, 2.75) is 31.6 Å². The predicted molar refractivity (Wildman–Crippen MR) is 80.7 cm³/mol. The molecule has 0 spiro atoms. The number of alkyl halides is 1. The van der Waals surface area contributed by atoms with Crippen LogP contribution in [0.4, 0.5) is 10.2 Å². The molecule has 4 nitrogen and oxygen atoms in total. The molecule has 0 aliphatic rings. The molecule has 1 N–H and O–H groups in total. The van der Waals surface area contributed by atoms with Gasteiger partial charge in [0.15, 0.2) is 0 Å². The number of aryl methyl sites for hydroxylation is 1. The molecule has 0 aliphatic carbocycles. The molecule has 0 radical (unpaired) electrons. The highest BCUT2D eigenvalue weighted by Gasteiger charge is 2.19. The lowest BCUT2D eigenvalue weighted by Crippen LogP contribution is -2.13. The number of aldehydes is 1. The number of benzene rings is 1. The number of nitrogens with zero attached hydrogens (tertiary/aromatic N) is 2. The van der Waals surface area contributed by atoms with Gasteiger partial charge in [-0.15, -0.1) is 0 Å². The van der Waals surface area contributed by atoms with Crippen LogP contribution in [0.3, 0.4) is 0 Å². The summed E-state index contributed by atoms with van der Waals surface area (Å²) in [5.74, 6) is 0.130. The van der Waals surface area contributed by atoms with Gasteiger partial charge in [-0.05, 0) is 32.9 Å². The summed E-state index contributed by atoms with van der Waals surface area (Å²) in [4.78, 5) is 19.1. The first-order valence-electron chi connectivity index (χ1n) is 6.26. The van der Waals surface area contributed by atoms with E-state index < -0.39 is 10.6 Å². The SMILES string of the molecule is Cc1nc2ccc(F)c(C(Br)C=O)c2nc1NC(C)C. The van der Waals surface area contributed by atoms with Crippen LogP contribution >= 0.6 is 15.9 Å². The Morgan fingerprint density at radius 3 is 2.65 bits per heavy atom. The number of anilines is 1. The normalized spacial score (nSPS) is 12.7. The van der Waals surface area contributed by atoms with Crippen molar-refractivity contribution < 1.29 is 9.18 Å². The number of halogens is 2. The smallest absolute Gasteiger partial charge is 0.148 e. The van der Waals surface area contributed by atoms with Crippen LogP contribution < -0.4 is 5.32 Å². The number of carbonyl (C=O) groups is 1. The van der Waals surface area contributed by atoms with Crippen molar-refractivity contribution in [3.8, 4) is 0 Å². The molecule has 1 atom stereocenters. The molecule has 0 saturated carbocycles. The third kappa shape index (κ3) is 2.80. The third-order valence-corrected chi connectivity index (χ3v) is 3.49. The second-order valence-electron chi connectivity index (χ2n) is 4.82. The quantitative estimate of drug-likeness (QED) is 0.683. The molecule has 1 aromatic carbocycles. The molecule has 0 bridgehead atoms. The Labute approximate surface area is 124 Å². The molecule has 1 unspecified atom stereocenters. The second-order valence-corrected chi connectivity index (χ2v) is 5.81. The number of fused-ring (bicyclic) bond motifs is 1. The molecule has 2 rings (SSSR count). The van der Waals surface area contributed by atoms with Crippen LogP contribution in [0, 0.1) is 12.7 Å². The van der Waals surface area contributed by atoms with Crippen molar-refractivity contribution in [2.24, 2.45) is 0 Å². The fourth-order valence-corrected chi connectivity index (χ4v) is 2.38. The van der Waals surface area contributed by atoms with Gasteiger partial charge < -0.3 is 10.1 Å². The minimum Gasteiger partial charge on any atom is -0.366 e. The van der Waals surface area contributed by atoms with Crippen molar-refractivity contribution in [1.82, 2.24) is 9.97 Å². The van der Waals surface area contributed by atoms with Gasteiger partial charge in [-0.3, -0.25) is 0 Å². The van der Waals surface area contributed by atoms with Crippen LogP contribution in [0.1, 0.15) is 29.9 Å². The minimum absolute atomic E-state index is 0.184. The van der Waals surface area contributed by atoms with E-state index >= 15 is 0 Å². The largest absolute Gasteiger partial charge is 0.366 e. The van der Waals surface area contributed by atoms with Gasteiger partial charge in [-0.2, -0.15) is 0 Å². The number of nitrogens with one attached hydrogen (secondary N) is 1. The summed E-state index contributed by atoms with van der Waals surface area (Å²) in [5.41, 5.74) is 1.92. The number of hydrogen-bond donors (Lipinski definition) is 1. The molecule has 106 valence electrons. The molecule has 0 saturated heterocycles. The Morgan fingerprint density at radius 2 is 2.05 bits per heavy atom. The zero-order valence-corrected chi connectivity index (χ0v) is 13.0. The monoisotopic (exact) mass is 339 g/mol. The van der Waals surface area contributed by atoms with E-state index in [0.29, 0.717) is 23.1 Å². The first-order valence-corrected chi connectivity index (χ1v) is 7.18. The lowest BCUT2D eigenvalue weighted by Gasteiger charge is -2.14. The highest BCUT2D eigenvalue weighted by Crippen LogP contribution is 2.30. The van der Waals surface area contributed by atoms with Crippen LogP contribution in [0.15, 0.2) is 12.1 Å². The van der Waals surface area contributed by atoms with E-state index in [2.05, 4.69) is 31.2 Å². The van der Waals surface area contributed by atoms with Crippen LogP contribution in [0.2, 0.25) is 0 Å². The van der Waals surface area contributed by atoms with Crippen molar-refractivity contribution in [2.75, 3.05) is 5.32 Å². The molecule has 1 aromatic heterocycles. The first kappa shape index (κ1) is 14.8. The van der Waals surface area contributed by atoms with Gasteiger partial charge in [-0.25, -0.2) is 14.4 Å². The number of carbonyl (C=O) groups excluding carboxylic acids is 1. The highest BCUT2D eigenvalue weighted by molar-refractivity contribution is 9.09. The predicted octanol–water partition coefficient (Wildman–Crippen LogP) is 3.53. The number of rotatable bonds is 4. The Balaban J connectivity index is 2.71. The van der Waals surface area contributed by atoms with Crippen LogP contribution in [-0.2, 0) is 4.79 Å². The average Bonchev–Trinajstić information content (AvgIpc) is 2.39. The zero-order chi connectivity index (χ0) is 14.9. The fraction of sp³-hybridized carbons (Fsp3) is 0.357. The maximum Gasteiger partial charge on any atom is 0.148 e. The topological polar surface area (TPSA) is 54.9 Å². The van der Waals surface area contributed by atoms with Crippen molar-refractivity contribution >= 4 is 39.1 Å². The van der Waals surface area contributed by atoms with Crippen LogP contribution in [0.25, 0.3) is 11.0 Å². The van der Waals surface area contributed by atoms with E-state index in [0.717, 1.165) is 5.69 Å². The molecule has 0 fully saturated rings. The molecule has 2 aromatic rings. The molecule has 0 aliphatic heterocycles. The van der Waals surface area contributed by atoms with E-state index in [1.165, 1.54) is 6.07 Å². The summed E-state index contributed by atoms with van der Waals surface area (Å²) >= 11 is 3.15. The summed E-state index contributed by atoms with van der Waals surface area (Å²) < 4.78 is 14.0. The van der Waals surface area contributed by atoms with Crippen molar-refractivity contribution in [3.63, 3.8) is 0 Å². The van der Waals surface area contributed by atoms with Gasteiger partial charge in [0.2, 0.25) is 0 Å². The number of aromatic nitrogens is 2. The molecular weight excluding hydrogens is 325 g/mol. The molecule has 20 heavy (non-hydrogen) atoms. The second kappa shape index (κ2) is 5.83. The van der Waals surface area contributed by atoms with Gasteiger partial charge in [-0.1, -0.05) is 15.9 Å². The van der Waals surface area contributed by atoms with E-state index in [9.17, 15) is 9.18 Å². The Bertz CT molecular complexity index is 660. The van der Waals surface area contributed by atoms with Crippen LogP contribution in [-0.4, -0.2) is 22.3 Å². The van der Waals surface area contributed by atoms with E-state index in [-0.39, 0.29) is 11.6 Å². The lowest BCUT2D eigenvalue weighted by atomic mass is 10.1. The fourth-order valence-electron chi connectivity index (χ4n) is 1.95. The average molecular weight is 340 g/mol. The minimum atomic E-state index is -0.741. The van der Waals surface area contributed by atoms with Gasteiger partial charge in [0.1, 0.15) is 17.9 Å². The van der Waals surface area contributed by atoms with Gasteiger partial charge in [0.05, 0.1) is 21.6 Å². The Morgan fingerprint density at radius 1 is 1.35 bits per heavy atom. The summed E-state index contributed by atoms with van der Waals surface area (Å²) in [6.07, 6.45) is 0.634. The third-order valence-electron chi connectivity index (χ3n) is 2.82. The zero-order valence-electron chi connectivity index (χ0n) is 11.4. The standard InChI is InChI=1S/C14H15BrFN3O/c1-7(2)17-14-8(3)18-11-5-4-10(16)12(9(15)6-20)13(11)19-14/h4-7,9H,1-3H3,(H,17,19). The summed E-state index contributed by atoms with van der Waals surface area (Å²) in [6, 6.07) is 3.06. The molecule has 6 heteroatoms. The first-order chi connectivity index (χ1) is 9.43. The maximum absolute atomic E-state index is 14.0. The van der Waals surface area contributed by atoms with Gasteiger partial charge in [0, 0.05) is 11.6 Å². The summed E-state index contributed by atoms with van der Waals surface area (Å²) in [5, 5.41) is 3.17. The van der Waals surface area contributed by atoms with E-state index in [1.54, 1.807) is 6.07 Å². The lowest BCUT2D eigenvalue weighted by molar-refractivity contribution is -0.107. The van der Waals surface area contributed by atoms with E-state index in [1.807, 2.05) is 20.8 Å². The summed E-state index contributed by atoms with van der Waals surface area (Å²) in [6.45, 7) is 5.80. The van der Waals surface area contributed by atoms with Gasteiger partial charge in [0.25, 0.3) is 0 Å². The summed E-state index contributed by atoms with van der Waals surface area (Å²) in [7, 11) is 0. The van der Waals surface area contributed by atoms with Crippen molar-refractivity contribution in [3.05, 3.63) is 29.2 Å². The van der Waals surface area contributed by atoms with Gasteiger partial charge >= 0.3 is 0 Å². The molecule has 0 amide bonds. The van der Waals surface area contributed by atoms with Crippen molar-refractivity contribution in [1.29, 1.82) is 0 Å².